The Morgan fingerprint density at radius 2 is 1.93 bits per heavy atom. The number of piperidine rings is 1. The molecule has 1 heterocycles. The van der Waals surface area contributed by atoms with E-state index >= 15 is 0 Å². The molecule has 0 radical (unpaired) electrons. The molecule has 0 aromatic rings. The van der Waals surface area contributed by atoms with Crippen LogP contribution in [-0.4, -0.2) is 44.3 Å². The van der Waals surface area contributed by atoms with Gasteiger partial charge in [-0.1, -0.05) is 0 Å². The van der Waals surface area contributed by atoms with Gasteiger partial charge in [0.1, 0.15) is 0 Å². The third-order valence-corrected chi connectivity index (χ3v) is 3.26. The topological polar surface area (TPSA) is 46.6 Å². The maximum atomic E-state index is 11.0. The summed E-state index contributed by atoms with van der Waals surface area (Å²) < 4.78 is 27.1. The van der Waals surface area contributed by atoms with Crippen LogP contribution in [0.5, 0.6) is 0 Å². The fourth-order valence-electron chi connectivity index (χ4n) is 1.87. The zero-order valence-corrected chi connectivity index (χ0v) is 10.8. The molecule has 0 aliphatic carbocycles. The fourth-order valence-corrected chi connectivity index (χ4v) is 2.52. The van der Waals surface area contributed by atoms with E-state index in [1.807, 2.05) is 0 Å². The van der Waals surface area contributed by atoms with Gasteiger partial charge in [-0.25, -0.2) is 0 Å². The summed E-state index contributed by atoms with van der Waals surface area (Å²) in [5, 5.41) is 0. The van der Waals surface area contributed by atoms with Crippen molar-refractivity contribution in [1.82, 2.24) is 4.90 Å². The van der Waals surface area contributed by atoms with Gasteiger partial charge in [-0.3, -0.25) is 9.08 Å². The van der Waals surface area contributed by atoms with Crippen LogP contribution in [0.3, 0.4) is 0 Å². The Bertz CT molecular complexity index is 305. The SMILES string of the molecule is CC(C)(C)N1CCC[C@@H](OS(C)(=O)=O)C1. The maximum absolute atomic E-state index is 11.0. The van der Waals surface area contributed by atoms with Crippen molar-refractivity contribution >= 4 is 10.1 Å². The summed E-state index contributed by atoms with van der Waals surface area (Å²) in [6.07, 6.45) is 2.77. The van der Waals surface area contributed by atoms with Crippen LogP contribution in [0.25, 0.3) is 0 Å². The van der Waals surface area contributed by atoms with Gasteiger partial charge in [0.15, 0.2) is 0 Å². The Hall–Kier alpha value is -0.130. The maximum Gasteiger partial charge on any atom is 0.264 e. The predicted octanol–water partition coefficient (Wildman–Crippen LogP) is 1.23. The Morgan fingerprint density at radius 3 is 2.40 bits per heavy atom. The molecular formula is C10H21NO3S. The van der Waals surface area contributed by atoms with Crippen LogP contribution in [0.2, 0.25) is 0 Å². The molecule has 0 aromatic carbocycles. The lowest BCUT2D eigenvalue weighted by atomic mass is 10.00. The molecule has 90 valence electrons. The van der Waals surface area contributed by atoms with E-state index in [1.165, 1.54) is 0 Å². The normalized spacial score (nSPS) is 25.5. The van der Waals surface area contributed by atoms with Gasteiger partial charge in [0, 0.05) is 12.1 Å². The van der Waals surface area contributed by atoms with Crippen LogP contribution >= 0.6 is 0 Å². The molecule has 1 aliphatic heterocycles. The zero-order valence-electron chi connectivity index (χ0n) is 9.99. The smallest absolute Gasteiger partial charge is 0.264 e. The van der Waals surface area contributed by atoms with Crippen LogP contribution in [0, 0.1) is 0 Å². The summed E-state index contributed by atoms with van der Waals surface area (Å²) in [4.78, 5) is 2.27. The van der Waals surface area contributed by atoms with E-state index in [9.17, 15) is 8.42 Å². The fraction of sp³-hybridized carbons (Fsp3) is 1.00. The molecular weight excluding hydrogens is 214 g/mol. The Kier molecular flexibility index (Phi) is 3.79. The van der Waals surface area contributed by atoms with Crippen LogP contribution in [-0.2, 0) is 14.3 Å². The van der Waals surface area contributed by atoms with Crippen LogP contribution in [0.4, 0.5) is 0 Å². The minimum Gasteiger partial charge on any atom is -0.296 e. The monoisotopic (exact) mass is 235 g/mol. The molecule has 4 nitrogen and oxygen atoms in total. The van der Waals surface area contributed by atoms with Gasteiger partial charge >= 0.3 is 0 Å². The molecule has 0 N–H and O–H groups in total. The summed E-state index contributed by atoms with van der Waals surface area (Å²) in [5.74, 6) is 0. The van der Waals surface area contributed by atoms with Crippen molar-refractivity contribution in [1.29, 1.82) is 0 Å². The highest BCUT2D eigenvalue weighted by atomic mass is 32.2. The van der Waals surface area contributed by atoms with E-state index in [2.05, 4.69) is 25.7 Å². The molecule has 1 saturated heterocycles. The number of likely N-dealkylation sites (tertiary alicyclic amines) is 1. The number of hydrogen-bond donors (Lipinski definition) is 0. The predicted molar refractivity (Wildman–Crippen MR) is 60.3 cm³/mol. The molecule has 0 amide bonds. The van der Waals surface area contributed by atoms with E-state index in [1.54, 1.807) is 0 Å². The third kappa shape index (κ3) is 4.49. The molecule has 0 spiro atoms. The van der Waals surface area contributed by atoms with E-state index in [4.69, 9.17) is 4.18 Å². The molecule has 0 bridgehead atoms. The third-order valence-electron chi connectivity index (χ3n) is 2.64. The molecule has 0 saturated carbocycles. The minimum atomic E-state index is -3.32. The van der Waals surface area contributed by atoms with Crippen molar-refractivity contribution in [3.63, 3.8) is 0 Å². The van der Waals surface area contributed by atoms with Gasteiger partial charge in [-0.2, -0.15) is 8.42 Å². The average molecular weight is 235 g/mol. The van der Waals surface area contributed by atoms with Gasteiger partial charge in [0.25, 0.3) is 10.1 Å². The number of hydrogen-bond acceptors (Lipinski definition) is 4. The molecule has 15 heavy (non-hydrogen) atoms. The molecule has 0 aromatic heterocycles. The summed E-state index contributed by atoms with van der Waals surface area (Å²) >= 11 is 0. The van der Waals surface area contributed by atoms with Crippen molar-refractivity contribution in [2.75, 3.05) is 19.3 Å². The van der Waals surface area contributed by atoms with E-state index < -0.39 is 10.1 Å². The second-order valence-corrected chi connectivity index (χ2v) is 6.78. The van der Waals surface area contributed by atoms with Crippen LogP contribution < -0.4 is 0 Å². The second-order valence-electron chi connectivity index (χ2n) is 5.18. The lowest BCUT2D eigenvalue weighted by Crippen LogP contribution is -2.49. The lowest BCUT2D eigenvalue weighted by molar-refractivity contribution is 0.0380. The van der Waals surface area contributed by atoms with E-state index in [0.717, 1.165) is 25.6 Å². The highest BCUT2D eigenvalue weighted by Crippen LogP contribution is 2.22. The second kappa shape index (κ2) is 4.39. The van der Waals surface area contributed by atoms with Crippen LogP contribution in [0.15, 0.2) is 0 Å². The molecule has 1 aliphatic rings. The first-order chi connectivity index (χ1) is 6.68. The highest BCUT2D eigenvalue weighted by Gasteiger charge is 2.29. The first-order valence-corrected chi connectivity index (χ1v) is 7.13. The highest BCUT2D eigenvalue weighted by molar-refractivity contribution is 7.86. The van der Waals surface area contributed by atoms with Crippen LogP contribution in [0.1, 0.15) is 33.6 Å². The molecule has 1 fully saturated rings. The van der Waals surface area contributed by atoms with Gasteiger partial charge < -0.3 is 0 Å². The molecule has 0 unspecified atom stereocenters. The first kappa shape index (κ1) is 12.9. The van der Waals surface area contributed by atoms with Gasteiger partial charge in [-0.05, 0) is 40.2 Å². The van der Waals surface area contributed by atoms with Crippen molar-refractivity contribution in [3.05, 3.63) is 0 Å². The first-order valence-electron chi connectivity index (χ1n) is 5.32. The largest absolute Gasteiger partial charge is 0.296 e. The van der Waals surface area contributed by atoms with Gasteiger partial charge in [0.2, 0.25) is 0 Å². The number of rotatable bonds is 2. The average Bonchev–Trinajstić information content (AvgIpc) is 1.99. The summed E-state index contributed by atoms with van der Waals surface area (Å²) in [5.41, 5.74) is 0.0829. The van der Waals surface area contributed by atoms with Crippen molar-refractivity contribution in [2.24, 2.45) is 0 Å². The molecule has 5 heteroatoms. The molecule has 1 atom stereocenters. The standard InChI is InChI=1S/C10H21NO3S/c1-10(2,3)11-7-5-6-9(8-11)14-15(4,12)13/h9H,5-8H2,1-4H3/t9-/m1/s1. The minimum absolute atomic E-state index is 0.0829. The van der Waals surface area contributed by atoms with E-state index in [0.29, 0.717) is 6.54 Å². The Balaban J connectivity index is 2.57. The van der Waals surface area contributed by atoms with Gasteiger partial charge in [0.05, 0.1) is 12.4 Å². The quantitative estimate of drug-likeness (QED) is 0.675. The summed E-state index contributed by atoms with van der Waals surface area (Å²) in [6.45, 7) is 8.13. The number of nitrogens with zero attached hydrogens (tertiary/aromatic N) is 1. The lowest BCUT2D eigenvalue weighted by Gasteiger charge is -2.40. The van der Waals surface area contributed by atoms with Gasteiger partial charge in [-0.15, -0.1) is 0 Å². The van der Waals surface area contributed by atoms with Crippen molar-refractivity contribution < 1.29 is 12.6 Å². The summed E-state index contributed by atoms with van der Waals surface area (Å²) in [7, 11) is -3.32. The van der Waals surface area contributed by atoms with E-state index in [-0.39, 0.29) is 11.6 Å². The Morgan fingerprint density at radius 1 is 1.33 bits per heavy atom. The summed E-state index contributed by atoms with van der Waals surface area (Å²) in [6, 6.07) is 0. The Labute approximate surface area is 92.7 Å². The van der Waals surface area contributed by atoms with Crippen molar-refractivity contribution in [3.8, 4) is 0 Å². The zero-order chi connectivity index (χ0) is 11.7. The van der Waals surface area contributed by atoms with Crippen molar-refractivity contribution in [2.45, 2.75) is 45.3 Å². The molecule has 1 rings (SSSR count).